The van der Waals surface area contributed by atoms with Gasteiger partial charge >= 0.3 is 6.18 Å². The van der Waals surface area contributed by atoms with E-state index in [0.29, 0.717) is 18.5 Å². The van der Waals surface area contributed by atoms with Crippen molar-refractivity contribution in [2.75, 3.05) is 5.75 Å². The van der Waals surface area contributed by atoms with Crippen LogP contribution in [0.1, 0.15) is 81.8 Å². The highest BCUT2D eigenvalue weighted by atomic mass is 32.2. The highest BCUT2D eigenvalue weighted by molar-refractivity contribution is 8.14. The molecule has 1 unspecified atom stereocenters. The summed E-state index contributed by atoms with van der Waals surface area (Å²) in [5, 5.41) is 3.83. The summed E-state index contributed by atoms with van der Waals surface area (Å²) in [5.41, 5.74) is -0.588. The highest BCUT2D eigenvalue weighted by Crippen LogP contribution is 2.36. The first kappa shape index (κ1) is 24.4. The summed E-state index contributed by atoms with van der Waals surface area (Å²) >= 11 is 1.76. The lowest BCUT2D eigenvalue weighted by atomic mass is 9.93. The van der Waals surface area contributed by atoms with Crippen molar-refractivity contribution in [2.24, 2.45) is 4.99 Å². The maximum atomic E-state index is 13.3. The maximum absolute atomic E-state index is 13.3. The maximum Gasteiger partial charge on any atom is 0.416 e. The fourth-order valence-electron chi connectivity index (χ4n) is 5.35. The molecule has 3 fully saturated rings. The quantitative estimate of drug-likeness (QED) is 0.530. The molecule has 0 radical (unpaired) electrons. The number of carbonyl (C=O) groups excluding carboxylic acids is 1. The number of nitrogens with one attached hydrogen (secondary N) is 1. The van der Waals surface area contributed by atoms with E-state index < -0.39 is 11.7 Å². The van der Waals surface area contributed by atoms with Gasteiger partial charge in [0.05, 0.1) is 11.6 Å². The van der Waals surface area contributed by atoms with Crippen LogP contribution >= 0.6 is 11.8 Å². The number of carbonyl (C=O) groups is 1. The van der Waals surface area contributed by atoms with Crippen LogP contribution in [0.3, 0.4) is 0 Å². The number of halogens is 3. The SMILES string of the molecule is O=C(CC1CSC(=NC2CCCCC2)N1C1CCCCC1)NCc1ccccc1C(F)(F)F. The van der Waals surface area contributed by atoms with E-state index in [1.807, 2.05) is 0 Å². The van der Waals surface area contributed by atoms with Gasteiger partial charge in [-0.2, -0.15) is 13.2 Å². The molecule has 1 atom stereocenters. The van der Waals surface area contributed by atoms with Gasteiger partial charge in [0.15, 0.2) is 5.17 Å². The summed E-state index contributed by atoms with van der Waals surface area (Å²) in [4.78, 5) is 20.3. The Labute approximate surface area is 198 Å². The van der Waals surface area contributed by atoms with Crippen LogP contribution in [0, 0.1) is 0 Å². The van der Waals surface area contributed by atoms with Gasteiger partial charge in [0, 0.05) is 30.8 Å². The van der Waals surface area contributed by atoms with Gasteiger partial charge in [-0.05, 0) is 37.3 Å². The zero-order valence-electron chi connectivity index (χ0n) is 19.1. The minimum absolute atomic E-state index is 0.0540. The Hall–Kier alpha value is -1.70. The number of alkyl halides is 3. The lowest BCUT2D eigenvalue weighted by Gasteiger charge is -2.37. The lowest BCUT2D eigenvalue weighted by molar-refractivity contribution is -0.138. The molecule has 1 N–H and O–H groups in total. The molecule has 0 aromatic heterocycles. The zero-order chi connectivity index (χ0) is 23.3. The molecule has 1 heterocycles. The number of hydrogen-bond donors (Lipinski definition) is 1. The van der Waals surface area contributed by atoms with Crippen molar-refractivity contribution >= 4 is 22.8 Å². The van der Waals surface area contributed by atoms with E-state index in [1.54, 1.807) is 17.8 Å². The second-order valence-electron chi connectivity index (χ2n) is 9.50. The third-order valence-corrected chi connectivity index (χ3v) is 8.20. The number of benzene rings is 1. The van der Waals surface area contributed by atoms with Crippen molar-refractivity contribution in [3.05, 3.63) is 35.4 Å². The van der Waals surface area contributed by atoms with E-state index in [2.05, 4.69) is 10.2 Å². The Morgan fingerprint density at radius 1 is 1.03 bits per heavy atom. The molecule has 2 saturated carbocycles. The second kappa shape index (κ2) is 11.2. The smallest absolute Gasteiger partial charge is 0.352 e. The molecule has 1 aromatic carbocycles. The largest absolute Gasteiger partial charge is 0.416 e. The van der Waals surface area contributed by atoms with Crippen molar-refractivity contribution in [3.8, 4) is 0 Å². The van der Waals surface area contributed by atoms with Gasteiger partial charge in [-0.25, -0.2) is 0 Å². The van der Waals surface area contributed by atoms with Crippen molar-refractivity contribution in [1.82, 2.24) is 10.2 Å². The molecule has 4 nitrogen and oxygen atoms in total. The standard InChI is InChI=1S/C25H34F3N3OS/c26-25(27,28)22-14-8-7-9-18(22)16-29-23(32)15-21-17-33-24(30-19-10-3-1-4-11-19)31(21)20-12-5-2-6-13-20/h7-9,14,19-21H,1-6,10-13,15-17H2,(H,29,32). The number of hydrogen-bond acceptors (Lipinski definition) is 3. The molecule has 1 saturated heterocycles. The van der Waals surface area contributed by atoms with E-state index in [4.69, 9.17) is 4.99 Å². The van der Waals surface area contributed by atoms with E-state index in [1.165, 1.54) is 50.7 Å². The first-order valence-electron chi connectivity index (χ1n) is 12.3. The van der Waals surface area contributed by atoms with Gasteiger partial charge in [0.1, 0.15) is 0 Å². The third-order valence-electron chi connectivity index (χ3n) is 7.07. The number of rotatable bonds is 6. The molecule has 8 heteroatoms. The van der Waals surface area contributed by atoms with Crippen LogP contribution < -0.4 is 5.32 Å². The molecule has 1 amide bonds. The van der Waals surface area contributed by atoms with E-state index in [0.717, 1.165) is 42.7 Å². The van der Waals surface area contributed by atoms with Crippen LogP contribution in [0.25, 0.3) is 0 Å². The number of thioether (sulfide) groups is 1. The lowest BCUT2D eigenvalue weighted by Crippen LogP contribution is -2.45. The summed E-state index contributed by atoms with van der Waals surface area (Å²) in [7, 11) is 0. The summed E-state index contributed by atoms with van der Waals surface area (Å²) in [6.07, 6.45) is 7.85. The summed E-state index contributed by atoms with van der Waals surface area (Å²) in [6, 6.07) is 6.30. The summed E-state index contributed by atoms with van der Waals surface area (Å²) < 4.78 is 39.8. The first-order chi connectivity index (χ1) is 15.9. The van der Waals surface area contributed by atoms with Crippen LogP contribution in [0.4, 0.5) is 13.2 Å². The molecule has 182 valence electrons. The molecular formula is C25H34F3N3OS. The molecule has 1 aliphatic heterocycles. The first-order valence-corrected chi connectivity index (χ1v) is 13.3. The van der Waals surface area contributed by atoms with Gasteiger partial charge in [-0.1, -0.05) is 68.5 Å². The Morgan fingerprint density at radius 2 is 1.70 bits per heavy atom. The molecule has 1 aromatic rings. The Balaban J connectivity index is 1.41. The van der Waals surface area contributed by atoms with Gasteiger partial charge in [0.2, 0.25) is 5.91 Å². The van der Waals surface area contributed by atoms with E-state index in [-0.39, 0.29) is 24.1 Å². The average molecular weight is 482 g/mol. The van der Waals surface area contributed by atoms with E-state index in [9.17, 15) is 18.0 Å². The minimum Gasteiger partial charge on any atom is -0.352 e. The van der Waals surface area contributed by atoms with Gasteiger partial charge in [0.25, 0.3) is 0 Å². The molecule has 4 rings (SSSR count). The molecule has 3 aliphatic rings. The van der Waals surface area contributed by atoms with Crippen molar-refractivity contribution in [2.45, 2.75) is 101 Å². The van der Waals surface area contributed by atoms with Gasteiger partial charge in [-0.15, -0.1) is 0 Å². The Kier molecular flexibility index (Phi) is 8.25. The zero-order valence-corrected chi connectivity index (χ0v) is 19.9. The Morgan fingerprint density at radius 3 is 2.39 bits per heavy atom. The second-order valence-corrected chi connectivity index (χ2v) is 10.5. The number of amides is 1. The minimum atomic E-state index is -4.42. The van der Waals surface area contributed by atoms with Crippen molar-refractivity contribution in [3.63, 3.8) is 0 Å². The van der Waals surface area contributed by atoms with Crippen LogP contribution in [0.2, 0.25) is 0 Å². The van der Waals surface area contributed by atoms with Crippen LogP contribution in [0.5, 0.6) is 0 Å². The number of nitrogens with zero attached hydrogens (tertiary/aromatic N) is 2. The molecule has 0 spiro atoms. The topological polar surface area (TPSA) is 44.7 Å². The van der Waals surface area contributed by atoms with Crippen molar-refractivity contribution < 1.29 is 18.0 Å². The molecular weight excluding hydrogens is 447 g/mol. The monoisotopic (exact) mass is 481 g/mol. The summed E-state index contributed by atoms with van der Waals surface area (Å²) in [6.45, 7) is -0.110. The van der Waals surface area contributed by atoms with Gasteiger partial charge < -0.3 is 10.2 Å². The average Bonchev–Trinajstić information content (AvgIpc) is 3.20. The predicted molar refractivity (Wildman–Crippen MR) is 127 cm³/mol. The van der Waals surface area contributed by atoms with E-state index >= 15 is 0 Å². The molecule has 2 aliphatic carbocycles. The van der Waals surface area contributed by atoms with Crippen LogP contribution in [-0.2, 0) is 17.5 Å². The van der Waals surface area contributed by atoms with Gasteiger partial charge in [-0.3, -0.25) is 9.79 Å². The Bertz CT molecular complexity index is 832. The highest BCUT2D eigenvalue weighted by Gasteiger charge is 2.38. The summed E-state index contributed by atoms with van der Waals surface area (Å²) in [5.74, 6) is 0.617. The van der Waals surface area contributed by atoms with Crippen molar-refractivity contribution in [1.29, 1.82) is 0 Å². The third kappa shape index (κ3) is 6.46. The number of amidine groups is 1. The predicted octanol–water partition coefficient (Wildman–Crippen LogP) is 6.15. The van der Waals surface area contributed by atoms with Crippen LogP contribution in [-0.4, -0.2) is 39.9 Å². The van der Waals surface area contributed by atoms with Crippen LogP contribution in [0.15, 0.2) is 29.3 Å². The normalized spacial score (nSPS) is 24.4. The molecule has 0 bridgehead atoms. The fourth-order valence-corrected chi connectivity index (χ4v) is 6.64. The number of aliphatic imine (C=N–C) groups is 1. The fraction of sp³-hybridized carbons (Fsp3) is 0.680. The molecule has 33 heavy (non-hydrogen) atoms.